The average Bonchev–Trinajstić information content (AvgIpc) is 2.06. The van der Waals surface area contributed by atoms with Gasteiger partial charge >= 0.3 is 6.18 Å². The first-order valence-corrected chi connectivity index (χ1v) is 4.16. The van der Waals surface area contributed by atoms with E-state index in [1.54, 1.807) is 0 Å². The van der Waals surface area contributed by atoms with Gasteiger partial charge in [-0.3, -0.25) is 4.79 Å². The fourth-order valence-electron chi connectivity index (χ4n) is 1.28. The summed E-state index contributed by atoms with van der Waals surface area (Å²) in [6, 6.07) is 2.35. The Kier molecular flexibility index (Phi) is 2.75. The third kappa shape index (κ3) is 2.11. The van der Waals surface area contributed by atoms with Crippen molar-refractivity contribution in [3.8, 4) is 5.75 Å². The minimum absolute atomic E-state index is 0.0901. The van der Waals surface area contributed by atoms with Crippen LogP contribution in [0.1, 0.15) is 28.4 Å². The van der Waals surface area contributed by atoms with Crippen molar-refractivity contribution in [2.24, 2.45) is 0 Å². The van der Waals surface area contributed by atoms with Gasteiger partial charge in [-0.1, -0.05) is 12.1 Å². The molecule has 1 rings (SSSR count). The molecule has 15 heavy (non-hydrogen) atoms. The molecule has 0 bridgehead atoms. The maximum Gasteiger partial charge on any atom is 0.420 e. The molecule has 0 aliphatic carbocycles. The number of phenols is 1. The number of ketones is 1. The van der Waals surface area contributed by atoms with Crippen molar-refractivity contribution in [3.63, 3.8) is 0 Å². The zero-order valence-electron chi connectivity index (χ0n) is 8.14. The molecule has 82 valence electrons. The first kappa shape index (κ1) is 11.6. The molecule has 2 nitrogen and oxygen atoms in total. The number of Topliss-reactive ketones (excluding diaryl/α,β-unsaturated/α-hetero) is 1. The summed E-state index contributed by atoms with van der Waals surface area (Å²) in [4.78, 5) is 11.0. The van der Waals surface area contributed by atoms with E-state index in [0.717, 1.165) is 13.0 Å². The van der Waals surface area contributed by atoms with Crippen LogP contribution in [0.2, 0.25) is 0 Å². The highest BCUT2D eigenvalue weighted by Crippen LogP contribution is 2.39. The first-order valence-electron chi connectivity index (χ1n) is 4.16. The van der Waals surface area contributed by atoms with Crippen molar-refractivity contribution in [1.29, 1.82) is 0 Å². The predicted octanol–water partition coefficient (Wildman–Crippen LogP) is 2.92. The fraction of sp³-hybridized carbons (Fsp3) is 0.300. The molecule has 0 radical (unpaired) electrons. The summed E-state index contributed by atoms with van der Waals surface area (Å²) in [5.74, 6) is -1.60. The van der Waals surface area contributed by atoms with Crippen LogP contribution >= 0.6 is 0 Å². The Balaban J connectivity index is 3.57. The Morgan fingerprint density at radius 1 is 1.33 bits per heavy atom. The Morgan fingerprint density at radius 2 is 1.87 bits per heavy atom. The highest BCUT2D eigenvalue weighted by molar-refractivity contribution is 5.96. The van der Waals surface area contributed by atoms with Crippen molar-refractivity contribution in [3.05, 3.63) is 28.8 Å². The van der Waals surface area contributed by atoms with E-state index in [4.69, 9.17) is 0 Å². The fourth-order valence-corrected chi connectivity index (χ4v) is 1.28. The molecule has 1 aromatic carbocycles. The summed E-state index contributed by atoms with van der Waals surface area (Å²) in [6.45, 7) is 2.37. The van der Waals surface area contributed by atoms with Gasteiger partial charge in [0.05, 0.1) is 0 Å². The van der Waals surface area contributed by atoms with Crippen LogP contribution in [0.4, 0.5) is 13.2 Å². The van der Waals surface area contributed by atoms with Crippen LogP contribution in [0.25, 0.3) is 0 Å². The average molecular weight is 218 g/mol. The van der Waals surface area contributed by atoms with Gasteiger partial charge < -0.3 is 5.11 Å². The standard InChI is InChI=1S/C10H9F3O2/c1-5-3-4-7(6(2)14)8(9(5)15)10(11,12)13/h3-4,15H,1-2H3. The van der Waals surface area contributed by atoms with Crippen molar-refractivity contribution < 1.29 is 23.1 Å². The summed E-state index contributed by atoms with van der Waals surface area (Å²) in [5, 5.41) is 9.29. The van der Waals surface area contributed by atoms with Crippen molar-refractivity contribution in [2.45, 2.75) is 20.0 Å². The van der Waals surface area contributed by atoms with E-state index >= 15 is 0 Å². The Labute approximate surface area is 84.3 Å². The van der Waals surface area contributed by atoms with Crippen molar-refractivity contribution >= 4 is 5.78 Å². The number of benzene rings is 1. The number of halogens is 3. The number of hydrogen-bond donors (Lipinski definition) is 1. The molecule has 0 unspecified atom stereocenters. The van der Waals surface area contributed by atoms with Crippen LogP contribution < -0.4 is 0 Å². The van der Waals surface area contributed by atoms with Crippen LogP contribution in [0.5, 0.6) is 5.75 Å². The van der Waals surface area contributed by atoms with Gasteiger partial charge in [-0.25, -0.2) is 0 Å². The topological polar surface area (TPSA) is 37.3 Å². The number of hydrogen-bond acceptors (Lipinski definition) is 2. The smallest absolute Gasteiger partial charge is 0.420 e. The van der Waals surface area contributed by atoms with E-state index in [2.05, 4.69) is 0 Å². The summed E-state index contributed by atoms with van der Waals surface area (Å²) in [7, 11) is 0. The lowest BCUT2D eigenvalue weighted by Gasteiger charge is -2.14. The van der Waals surface area contributed by atoms with Gasteiger partial charge in [-0.2, -0.15) is 13.2 Å². The molecule has 0 aliphatic heterocycles. The summed E-state index contributed by atoms with van der Waals surface area (Å²) in [6.07, 6.45) is -4.73. The quantitative estimate of drug-likeness (QED) is 0.736. The molecule has 0 saturated carbocycles. The van der Waals surface area contributed by atoms with Crippen LogP contribution in [-0.4, -0.2) is 10.9 Å². The van der Waals surface area contributed by atoms with Crippen LogP contribution in [0, 0.1) is 6.92 Å². The lowest BCUT2D eigenvalue weighted by molar-refractivity contribution is -0.139. The van der Waals surface area contributed by atoms with Crippen molar-refractivity contribution in [1.82, 2.24) is 0 Å². The monoisotopic (exact) mass is 218 g/mol. The second kappa shape index (κ2) is 3.56. The Morgan fingerprint density at radius 3 is 2.27 bits per heavy atom. The second-order valence-electron chi connectivity index (χ2n) is 3.21. The molecule has 1 aromatic rings. The SMILES string of the molecule is CC(=O)c1ccc(C)c(O)c1C(F)(F)F. The highest BCUT2D eigenvalue weighted by atomic mass is 19.4. The number of alkyl halides is 3. The lowest BCUT2D eigenvalue weighted by Crippen LogP contribution is -2.12. The van der Waals surface area contributed by atoms with E-state index in [1.807, 2.05) is 0 Å². The van der Waals surface area contributed by atoms with E-state index in [-0.39, 0.29) is 5.56 Å². The molecule has 0 fully saturated rings. The van der Waals surface area contributed by atoms with E-state index in [0.29, 0.717) is 0 Å². The van der Waals surface area contributed by atoms with Crippen molar-refractivity contribution in [2.75, 3.05) is 0 Å². The lowest BCUT2D eigenvalue weighted by atomic mass is 10.00. The minimum Gasteiger partial charge on any atom is -0.507 e. The van der Waals surface area contributed by atoms with E-state index in [9.17, 15) is 23.1 Å². The van der Waals surface area contributed by atoms with Crippen LogP contribution in [-0.2, 0) is 6.18 Å². The molecule has 0 atom stereocenters. The minimum atomic E-state index is -4.73. The third-order valence-corrected chi connectivity index (χ3v) is 2.04. The maximum atomic E-state index is 12.5. The molecular formula is C10H9F3O2. The van der Waals surface area contributed by atoms with Gasteiger partial charge in [0, 0.05) is 5.56 Å². The molecule has 0 aromatic heterocycles. The molecule has 0 saturated heterocycles. The normalized spacial score (nSPS) is 11.5. The molecule has 0 spiro atoms. The van der Waals surface area contributed by atoms with Gasteiger partial charge in [0.1, 0.15) is 11.3 Å². The maximum absolute atomic E-state index is 12.5. The predicted molar refractivity (Wildman–Crippen MR) is 47.9 cm³/mol. The summed E-state index contributed by atoms with van der Waals surface area (Å²) in [5.41, 5.74) is -1.67. The second-order valence-corrected chi connectivity index (χ2v) is 3.21. The van der Waals surface area contributed by atoms with Gasteiger partial charge in [0.2, 0.25) is 0 Å². The summed E-state index contributed by atoms with van der Waals surface area (Å²) >= 11 is 0. The zero-order chi connectivity index (χ0) is 11.8. The highest BCUT2D eigenvalue weighted by Gasteiger charge is 2.38. The number of carbonyl (C=O) groups excluding carboxylic acids is 1. The van der Waals surface area contributed by atoms with Gasteiger partial charge in [0.25, 0.3) is 0 Å². The molecule has 5 heteroatoms. The molecule has 1 N–H and O–H groups in total. The zero-order valence-corrected chi connectivity index (χ0v) is 8.14. The third-order valence-electron chi connectivity index (χ3n) is 2.04. The number of carbonyl (C=O) groups is 1. The van der Waals surface area contributed by atoms with E-state index in [1.165, 1.54) is 13.0 Å². The number of phenolic OH excluding ortho intramolecular Hbond substituents is 1. The number of aryl methyl sites for hydroxylation is 1. The van der Waals surface area contributed by atoms with Gasteiger partial charge in [0.15, 0.2) is 5.78 Å². The largest absolute Gasteiger partial charge is 0.507 e. The Bertz CT molecular complexity index is 408. The number of aromatic hydroxyl groups is 1. The van der Waals surface area contributed by atoms with Crippen LogP contribution in [0.15, 0.2) is 12.1 Å². The van der Waals surface area contributed by atoms with Gasteiger partial charge in [-0.15, -0.1) is 0 Å². The molecule has 0 heterocycles. The number of rotatable bonds is 1. The molecule has 0 aliphatic rings. The first-order chi connectivity index (χ1) is 6.75. The molecular weight excluding hydrogens is 209 g/mol. The summed E-state index contributed by atoms with van der Waals surface area (Å²) < 4.78 is 37.6. The van der Waals surface area contributed by atoms with Crippen LogP contribution in [0.3, 0.4) is 0 Å². The molecule has 0 amide bonds. The van der Waals surface area contributed by atoms with Gasteiger partial charge in [-0.05, 0) is 19.4 Å². The van der Waals surface area contributed by atoms with E-state index < -0.39 is 28.8 Å². The Hall–Kier alpha value is -1.52.